The highest BCUT2D eigenvalue weighted by Gasteiger charge is 2.40. The molecule has 0 spiro atoms. The maximum atomic E-state index is 12.1. The average molecular weight is 680 g/mol. The highest BCUT2D eigenvalue weighted by atomic mass is 35.5. The van der Waals surface area contributed by atoms with Gasteiger partial charge < -0.3 is 33.8 Å². The summed E-state index contributed by atoms with van der Waals surface area (Å²) in [5, 5.41) is 8.64. The van der Waals surface area contributed by atoms with Gasteiger partial charge in [0, 0.05) is 68.7 Å². The number of aromatic amines is 1. The van der Waals surface area contributed by atoms with E-state index in [4.69, 9.17) is 25.9 Å². The van der Waals surface area contributed by atoms with Crippen molar-refractivity contribution in [3.63, 3.8) is 0 Å². The summed E-state index contributed by atoms with van der Waals surface area (Å²) in [6.07, 6.45) is 11.3. The minimum Gasteiger partial charge on any atom is -0.462 e. The molecule has 48 heavy (non-hydrogen) atoms. The van der Waals surface area contributed by atoms with Gasteiger partial charge in [0.15, 0.2) is 17.2 Å². The van der Waals surface area contributed by atoms with Gasteiger partial charge in [-0.1, -0.05) is 57.9 Å². The van der Waals surface area contributed by atoms with Crippen molar-refractivity contribution < 1.29 is 23.8 Å². The molecule has 5 heterocycles. The number of furan rings is 1. The van der Waals surface area contributed by atoms with Crippen LogP contribution in [0.1, 0.15) is 71.2 Å². The number of likely N-dealkylation sites (tertiary alicyclic amines) is 1. The van der Waals surface area contributed by atoms with Gasteiger partial charge in [-0.05, 0) is 43.4 Å². The summed E-state index contributed by atoms with van der Waals surface area (Å²) in [5.41, 5.74) is 2.76. The maximum Gasteiger partial charge on any atom is 0.251 e. The number of aldehydes is 1. The number of anilines is 1. The number of pyridine rings is 1. The molecule has 2 aliphatic rings. The number of terminal acetylenes is 1. The Balaban J connectivity index is 0.000000230. The Kier molecular flexibility index (Phi) is 14.4. The molecule has 0 aliphatic carbocycles. The fourth-order valence-electron chi connectivity index (χ4n) is 6.04. The third-order valence-corrected chi connectivity index (χ3v) is 8.94. The number of hydrogen-bond donors (Lipinski definition) is 2. The van der Waals surface area contributed by atoms with Crippen LogP contribution in [0.15, 0.2) is 45.7 Å². The molecule has 258 valence electrons. The van der Waals surface area contributed by atoms with E-state index in [0.29, 0.717) is 42.5 Å². The predicted molar refractivity (Wildman–Crippen MR) is 189 cm³/mol. The van der Waals surface area contributed by atoms with Gasteiger partial charge in [-0.3, -0.25) is 9.59 Å². The van der Waals surface area contributed by atoms with Gasteiger partial charge in [0.05, 0.1) is 5.02 Å². The number of aromatic nitrogens is 3. The molecule has 3 aromatic heterocycles. The van der Waals surface area contributed by atoms with Crippen molar-refractivity contribution in [3.8, 4) is 12.5 Å². The number of methoxy groups -OCH3 is 1. The number of H-pyrrole nitrogens is 1. The van der Waals surface area contributed by atoms with E-state index in [1.54, 1.807) is 18.1 Å². The molecule has 2 unspecified atom stereocenters. The largest absolute Gasteiger partial charge is 0.462 e. The zero-order valence-corrected chi connectivity index (χ0v) is 29.2. The van der Waals surface area contributed by atoms with Crippen LogP contribution >= 0.6 is 11.6 Å². The molecule has 2 aliphatic heterocycles. The first kappa shape index (κ1) is 38.1. The quantitative estimate of drug-likeness (QED) is 0.172. The Morgan fingerprint density at radius 3 is 2.58 bits per heavy atom. The predicted octanol–water partition coefficient (Wildman–Crippen LogP) is 6.23. The number of carbonyl (C=O) groups is 2. The monoisotopic (exact) mass is 679 g/mol. The second-order valence-electron chi connectivity index (χ2n) is 11.7. The number of amides is 1. The summed E-state index contributed by atoms with van der Waals surface area (Å²) in [6, 6.07) is 9.72. The van der Waals surface area contributed by atoms with Gasteiger partial charge in [-0.2, -0.15) is 0 Å². The molecular weight excluding hydrogens is 634 g/mol. The summed E-state index contributed by atoms with van der Waals surface area (Å²) in [6.45, 7) is 11.7. The third kappa shape index (κ3) is 8.94. The van der Waals surface area contributed by atoms with E-state index >= 15 is 0 Å². The van der Waals surface area contributed by atoms with Crippen molar-refractivity contribution in [2.24, 2.45) is 5.92 Å². The van der Waals surface area contributed by atoms with Crippen LogP contribution in [0.25, 0.3) is 22.1 Å². The molecule has 2 N–H and O–H groups in total. The van der Waals surface area contributed by atoms with Crippen LogP contribution in [0.2, 0.25) is 5.02 Å². The summed E-state index contributed by atoms with van der Waals surface area (Å²) in [5.74, 6) is 1.74. The molecule has 0 bridgehead atoms. The first-order valence-corrected chi connectivity index (χ1v) is 16.7. The van der Waals surface area contributed by atoms with E-state index in [1.165, 1.54) is 25.1 Å². The Morgan fingerprint density at radius 1 is 1.25 bits per heavy atom. The number of aliphatic hydroxyl groups excluding tert-OH is 1. The average Bonchev–Trinajstić information content (AvgIpc) is 3.76. The van der Waals surface area contributed by atoms with Crippen LogP contribution in [0.3, 0.4) is 0 Å². The third-order valence-electron chi connectivity index (χ3n) is 8.72. The van der Waals surface area contributed by atoms with E-state index in [1.807, 2.05) is 52.0 Å². The van der Waals surface area contributed by atoms with Crippen LogP contribution in [0.5, 0.6) is 0 Å². The Morgan fingerprint density at radius 2 is 1.94 bits per heavy atom. The van der Waals surface area contributed by atoms with Crippen LogP contribution < -0.4 is 10.5 Å². The van der Waals surface area contributed by atoms with Crippen molar-refractivity contribution in [3.05, 3.63) is 63.3 Å². The number of benzene rings is 1. The zero-order valence-electron chi connectivity index (χ0n) is 28.4. The molecule has 1 aromatic carbocycles. The van der Waals surface area contributed by atoms with E-state index in [-0.39, 0.29) is 35.6 Å². The van der Waals surface area contributed by atoms with Crippen molar-refractivity contribution in [1.29, 1.82) is 0 Å². The number of hydrogen-bond acceptors (Lipinski definition) is 9. The number of nitrogens with zero attached hydrogens (tertiary/aromatic N) is 4. The molecule has 2 saturated heterocycles. The standard InChI is InChI=1S/C16H21ClN2O3.C16H17N3O2.C2H2O.C2H6/c1-11-10-19(14(21)4-3-7-20)6-5-16(11,2)13-8-12(17)9-18-15(13)22;1-20-10-13-17-14-11-6-2-3-7-12(11)21-15(14)16(18-13)19-8-4-5-9-19;1-2-3;1-2/h7-9,11H,3-6,10H2,1-2H3,(H,18,22);2-3,6-7H,4-5,8-10H2,1H3;1,3H;1-2H3. The highest BCUT2D eigenvalue weighted by Crippen LogP contribution is 2.38. The lowest BCUT2D eigenvalue weighted by atomic mass is 9.68. The smallest absolute Gasteiger partial charge is 0.251 e. The fraction of sp³-hybridized carbons (Fsp3) is 0.472. The molecule has 2 atom stereocenters. The minimum absolute atomic E-state index is 0.000929. The van der Waals surface area contributed by atoms with Gasteiger partial charge in [-0.25, -0.2) is 9.97 Å². The number of rotatable bonds is 7. The van der Waals surface area contributed by atoms with Crippen LogP contribution in [-0.4, -0.2) is 70.4 Å². The topological polar surface area (TPSA) is 142 Å². The van der Waals surface area contributed by atoms with Crippen LogP contribution in [0.4, 0.5) is 5.82 Å². The van der Waals surface area contributed by atoms with Gasteiger partial charge in [-0.15, -0.1) is 0 Å². The Bertz CT molecular complexity index is 1760. The van der Waals surface area contributed by atoms with Gasteiger partial charge in [0.25, 0.3) is 5.56 Å². The van der Waals surface area contributed by atoms with Crippen molar-refractivity contribution in [2.45, 2.75) is 71.8 Å². The SMILES string of the molecule is C#CO.CC.CC1CN(C(=O)CCC=O)CCC1(C)c1cc(Cl)c[nH]c1=O.COCc1nc(N2CCCC2)c2oc3ccccc3c2n1. The van der Waals surface area contributed by atoms with Crippen LogP contribution in [0, 0.1) is 18.4 Å². The van der Waals surface area contributed by atoms with Crippen LogP contribution in [-0.2, 0) is 26.3 Å². The Labute approximate surface area is 286 Å². The Hall–Kier alpha value is -4.40. The van der Waals surface area contributed by atoms with E-state index in [0.717, 1.165) is 47.3 Å². The number of aliphatic hydroxyl groups is 1. The summed E-state index contributed by atoms with van der Waals surface area (Å²) in [7, 11) is 1.66. The molecule has 6 rings (SSSR count). The molecule has 0 radical (unpaired) electrons. The number of ether oxygens (including phenoxy) is 1. The number of fused-ring (bicyclic) bond motifs is 3. The maximum absolute atomic E-state index is 12.1. The molecule has 1 amide bonds. The molecular formula is C36H46ClN5O6. The highest BCUT2D eigenvalue weighted by molar-refractivity contribution is 6.30. The fourth-order valence-corrected chi connectivity index (χ4v) is 6.21. The van der Waals surface area contributed by atoms with E-state index in [2.05, 4.69) is 26.3 Å². The number of carbonyl (C=O) groups excluding carboxylic acids is 2. The lowest BCUT2D eigenvalue weighted by Gasteiger charge is -2.44. The van der Waals surface area contributed by atoms with Crippen molar-refractivity contribution in [1.82, 2.24) is 19.9 Å². The molecule has 12 heteroatoms. The first-order valence-electron chi connectivity index (χ1n) is 16.3. The normalized spacial score (nSPS) is 18.5. The summed E-state index contributed by atoms with van der Waals surface area (Å²) in [4.78, 5) is 50.6. The lowest BCUT2D eigenvalue weighted by molar-refractivity contribution is -0.134. The molecule has 2 fully saturated rings. The number of nitrogens with one attached hydrogen (secondary N) is 1. The van der Waals surface area contributed by atoms with Gasteiger partial charge in [0.1, 0.15) is 30.1 Å². The molecule has 11 nitrogen and oxygen atoms in total. The number of para-hydroxylation sites is 1. The van der Waals surface area contributed by atoms with Gasteiger partial charge in [0.2, 0.25) is 5.91 Å². The van der Waals surface area contributed by atoms with E-state index < -0.39 is 0 Å². The second-order valence-corrected chi connectivity index (χ2v) is 12.1. The van der Waals surface area contributed by atoms with E-state index in [9.17, 15) is 14.4 Å². The lowest BCUT2D eigenvalue weighted by Crippen LogP contribution is -2.51. The second kappa shape index (κ2) is 18.2. The van der Waals surface area contributed by atoms with Crippen molar-refractivity contribution >= 4 is 51.7 Å². The first-order chi connectivity index (χ1) is 23.2. The van der Waals surface area contributed by atoms with Crippen molar-refractivity contribution in [2.75, 3.05) is 38.2 Å². The molecule has 4 aromatic rings. The zero-order chi connectivity index (χ0) is 35.3. The summed E-state index contributed by atoms with van der Waals surface area (Å²) < 4.78 is 11.2. The minimum atomic E-state index is -0.320. The van der Waals surface area contributed by atoms with Gasteiger partial charge >= 0.3 is 0 Å². The number of halogens is 1. The number of piperidine rings is 1. The molecule has 0 saturated carbocycles. The summed E-state index contributed by atoms with van der Waals surface area (Å²) >= 11 is 6.01.